The van der Waals surface area contributed by atoms with Gasteiger partial charge in [-0.25, -0.2) is 0 Å². The summed E-state index contributed by atoms with van der Waals surface area (Å²) in [4.78, 5) is 0. The van der Waals surface area contributed by atoms with Crippen molar-refractivity contribution in [2.24, 2.45) is 5.92 Å². The molecule has 1 nitrogen and oxygen atoms in total. The number of hydrogen-bond acceptors (Lipinski definition) is 3. The molecule has 0 spiro atoms. The molecule has 1 aliphatic rings. The molecule has 2 aromatic rings. The fourth-order valence-electron chi connectivity index (χ4n) is 2.44. The SMILES string of the molecule is C(=C(c1ccsc1)c1ccsc1)C1CCNCC1. The summed E-state index contributed by atoms with van der Waals surface area (Å²) in [5, 5.41) is 12.3. The number of hydrogen-bond donors (Lipinski definition) is 1. The summed E-state index contributed by atoms with van der Waals surface area (Å²) < 4.78 is 0. The standard InChI is InChI=1S/C15H17NS2/c1-5-16-6-2-12(1)9-15(13-3-7-17-10-13)14-4-8-18-11-14/h3-4,7-12,16H,1-2,5-6H2. The second kappa shape index (κ2) is 5.83. The first-order valence-corrected chi connectivity index (χ1v) is 8.30. The smallest absolute Gasteiger partial charge is 0.00146 e. The van der Waals surface area contributed by atoms with Crippen molar-refractivity contribution < 1.29 is 0 Å². The topological polar surface area (TPSA) is 12.0 Å². The molecule has 1 fully saturated rings. The first-order valence-electron chi connectivity index (χ1n) is 6.41. The third kappa shape index (κ3) is 2.74. The molecule has 0 aliphatic carbocycles. The summed E-state index contributed by atoms with van der Waals surface area (Å²) in [6.07, 6.45) is 5.01. The van der Waals surface area contributed by atoms with E-state index in [2.05, 4.69) is 45.0 Å². The van der Waals surface area contributed by atoms with Crippen LogP contribution >= 0.6 is 22.7 Å². The third-order valence-corrected chi connectivity index (χ3v) is 4.82. The minimum atomic E-state index is 0.723. The molecule has 0 amide bonds. The molecule has 3 heteroatoms. The van der Waals surface area contributed by atoms with Crippen molar-refractivity contribution in [1.82, 2.24) is 5.32 Å². The Morgan fingerprint density at radius 1 is 1.06 bits per heavy atom. The lowest BCUT2D eigenvalue weighted by Crippen LogP contribution is -2.26. The van der Waals surface area contributed by atoms with Gasteiger partial charge in [-0.3, -0.25) is 0 Å². The van der Waals surface area contributed by atoms with Crippen molar-refractivity contribution in [3.05, 3.63) is 50.9 Å². The largest absolute Gasteiger partial charge is 0.317 e. The Morgan fingerprint density at radius 2 is 1.67 bits per heavy atom. The van der Waals surface area contributed by atoms with Crippen LogP contribution in [0.1, 0.15) is 24.0 Å². The van der Waals surface area contributed by atoms with Crippen LogP contribution in [0, 0.1) is 5.92 Å². The molecule has 0 unspecified atom stereocenters. The highest BCUT2D eigenvalue weighted by Crippen LogP contribution is 2.30. The van der Waals surface area contributed by atoms with Gasteiger partial charge in [0.15, 0.2) is 0 Å². The van der Waals surface area contributed by atoms with Crippen LogP contribution in [0.15, 0.2) is 39.7 Å². The average molecular weight is 275 g/mol. The lowest BCUT2D eigenvalue weighted by Gasteiger charge is -2.20. The van der Waals surface area contributed by atoms with E-state index in [1.165, 1.54) is 29.5 Å². The summed E-state index contributed by atoms with van der Waals surface area (Å²) in [6, 6.07) is 4.46. The Balaban J connectivity index is 1.92. The van der Waals surface area contributed by atoms with Crippen molar-refractivity contribution in [3.63, 3.8) is 0 Å². The van der Waals surface area contributed by atoms with E-state index in [-0.39, 0.29) is 0 Å². The molecule has 0 atom stereocenters. The summed E-state index contributed by atoms with van der Waals surface area (Å²) in [7, 11) is 0. The predicted molar refractivity (Wildman–Crippen MR) is 81.3 cm³/mol. The normalized spacial score (nSPS) is 16.7. The van der Waals surface area contributed by atoms with Crippen LogP contribution in [0.4, 0.5) is 0 Å². The zero-order valence-electron chi connectivity index (χ0n) is 10.3. The zero-order valence-corrected chi connectivity index (χ0v) is 11.9. The Kier molecular flexibility index (Phi) is 3.93. The van der Waals surface area contributed by atoms with Gasteiger partial charge in [0.1, 0.15) is 0 Å². The van der Waals surface area contributed by atoms with Gasteiger partial charge >= 0.3 is 0 Å². The predicted octanol–water partition coefficient (Wildman–Crippen LogP) is 4.24. The second-order valence-electron chi connectivity index (χ2n) is 4.69. The zero-order chi connectivity index (χ0) is 12.2. The molecular formula is C15H17NS2. The lowest BCUT2D eigenvalue weighted by molar-refractivity contribution is 0.437. The van der Waals surface area contributed by atoms with E-state index < -0.39 is 0 Å². The van der Waals surface area contributed by atoms with E-state index in [1.54, 1.807) is 22.7 Å². The number of thiophene rings is 2. The molecular weight excluding hydrogens is 258 g/mol. The number of nitrogens with one attached hydrogen (secondary N) is 1. The molecule has 3 rings (SSSR count). The van der Waals surface area contributed by atoms with E-state index in [4.69, 9.17) is 0 Å². The van der Waals surface area contributed by atoms with Crippen molar-refractivity contribution >= 4 is 28.2 Å². The molecule has 3 heterocycles. The summed E-state index contributed by atoms with van der Waals surface area (Å²) >= 11 is 3.55. The maximum absolute atomic E-state index is 3.43. The Morgan fingerprint density at radius 3 is 2.17 bits per heavy atom. The highest BCUT2D eigenvalue weighted by atomic mass is 32.1. The Hall–Kier alpha value is -0.900. The molecule has 2 aromatic heterocycles. The van der Waals surface area contributed by atoms with Gasteiger partial charge in [0.05, 0.1) is 0 Å². The third-order valence-electron chi connectivity index (χ3n) is 3.45. The minimum Gasteiger partial charge on any atom is -0.317 e. The molecule has 1 N–H and O–H groups in total. The molecule has 1 saturated heterocycles. The highest BCUT2D eigenvalue weighted by Gasteiger charge is 2.14. The van der Waals surface area contributed by atoms with Gasteiger partial charge in [-0.15, -0.1) is 0 Å². The number of allylic oxidation sites excluding steroid dienone is 1. The second-order valence-corrected chi connectivity index (χ2v) is 6.25. The molecule has 0 aromatic carbocycles. The highest BCUT2D eigenvalue weighted by molar-refractivity contribution is 7.08. The summed E-state index contributed by atoms with van der Waals surface area (Å²) in [6.45, 7) is 2.31. The van der Waals surface area contributed by atoms with Crippen molar-refractivity contribution in [1.29, 1.82) is 0 Å². The van der Waals surface area contributed by atoms with Gasteiger partial charge in [0.25, 0.3) is 0 Å². The maximum atomic E-state index is 3.43. The average Bonchev–Trinajstić information content (AvgIpc) is 3.11. The molecule has 0 saturated carbocycles. The molecule has 0 radical (unpaired) electrons. The van der Waals surface area contributed by atoms with Crippen molar-refractivity contribution in [3.8, 4) is 0 Å². The lowest BCUT2D eigenvalue weighted by atomic mass is 9.92. The fourth-order valence-corrected chi connectivity index (χ4v) is 3.75. The van der Waals surface area contributed by atoms with Crippen LogP contribution in [0.3, 0.4) is 0 Å². The first kappa shape index (κ1) is 12.2. The van der Waals surface area contributed by atoms with Crippen LogP contribution in [-0.2, 0) is 0 Å². The number of piperidine rings is 1. The van der Waals surface area contributed by atoms with Crippen molar-refractivity contribution in [2.75, 3.05) is 13.1 Å². The molecule has 18 heavy (non-hydrogen) atoms. The van der Waals surface area contributed by atoms with Gasteiger partial charge in [0, 0.05) is 0 Å². The van der Waals surface area contributed by atoms with Crippen LogP contribution in [0.2, 0.25) is 0 Å². The van der Waals surface area contributed by atoms with Gasteiger partial charge < -0.3 is 5.32 Å². The van der Waals surface area contributed by atoms with E-state index in [0.29, 0.717) is 0 Å². The van der Waals surface area contributed by atoms with E-state index in [0.717, 1.165) is 19.0 Å². The van der Waals surface area contributed by atoms with Crippen LogP contribution < -0.4 is 5.32 Å². The van der Waals surface area contributed by atoms with E-state index in [9.17, 15) is 0 Å². The molecule has 0 bridgehead atoms. The maximum Gasteiger partial charge on any atom is -0.00146 e. The molecule has 1 aliphatic heterocycles. The van der Waals surface area contributed by atoms with Gasteiger partial charge in [-0.2, -0.15) is 22.7 Å². The minimum absolute atomic E-state index is 0.723. The van der Waals surface area contributed by atoms with Crippen LogP contribution in [0.25, 0.3) is 5.57 Å². The monoisotopic (exact) mass is 275 g/mol. The Labute approximate surface area is 116 Å². The van der Waals surface area contributed by atoms with Crippen molar-refractivity contribution in [2.45, 2.75) is 12.8 Å². The summed E-state index contributed by atoms with van der Waals surface area (Å²) in [5.74, 6) is 0.723. The first-order chi connectivity index (χ1) is 8.93. The van der Waals surface area contributed by atoms with E-state index in [1.807, 2.05) is 0 Å². The van der Waals surface area contributed by atoms with E-state index >= 15 is 0 Å². The quantitative estimate of drug-likeness (QED) is 0.883. The van der Waals surface area contributed by atoms with Gasteiger partial charge in [-0.05, 0) is 82.2 Å². The van der Waals surface area contributed by atoms with Gasteiger partial charge in [-0.1, -0.05) is 6.08 Å². The fraction of sp³-hybridized carbons (Fsp3) is 0.333. The number of rotatable bonds is 3. The summed E-state index contributed by atoms with van der Waals surface area (Å²) in [5.41, 5.74) is 4.17. The van der Waals surface area contributed by atoms with Crippen LogP contribution in [-0.4, -0.2) is 13.1 Å². The molecule has 94 valence electrons. The van der Waals surface area contributed by atoms with Crippen LogP contribution in [0.5, 0.6) is 0 Å². The van der Waals surface area contributed by atoms with Gasteiger partial charge in [0.2, 0.25) is 0 Å². The Bertz CT molecular complexity index is 454.